The van der Waals surface area contributed by atoms with Crippen LogP contribution in [0.1, 0.15) is 52.9 Å². The van der Waals surface area contributed by atoms with Crippen molar-refractivity contribution in [3.8, 4) is 0 Å². The summed E-state index contributed by atoms with van der Waals surface area (Å²) in [6.45, 7) is 12.0. The average molecular weight is 528 g/mol. The summed E-state index contributed by atoms with van der Waals surface area (Å²) in [4.78, 5) is 13.2. The molecule has 0 amide bonds. The maximum Gasteiger partial charge on any atom is 0.191 e. The lowest BCUT2D eigenvalue weighted by Crippen LogP contribution is -2.36. The van der Waals surface area contributed by atoms with Crippen molar-refractivity contribution < 1.29 is 0 Å². The Balaban J connectivity index is 0.00000300. The summed E-state index contributed by atoms with van der Waals surface area (Å²) in [5.41, 5.74) is 3.75. The highest BCUT2D eigenvalue weighted by Crippen LogP contribution is 2.16. The van der Waals surface area contributed by atoms with Gasteiger partial charge in [0, 0.05) is 18.0 Å². The van der Waals surface area contributed by atoms with Gasteiger partial charge in [-0.2, -0.15) is 0 Å². The van der Waals surface area contributed by atoms with Crippen molar-refractivity contribution in [2.45, 2.75) is 59.7 Å². The fourth-order valence-corrected chi connectivity index (χ4v) is 4.29. The molecule has 1 aliphatic heterocycles. The van der Waals surface area contributed by atoms with E-state index >= 15 is 0 Å². The van der Waals surface area contributed by atoms with Crippen molar-refractivity contribution in [1.82, 2.24) is 20.5 Å². The summed E-state index contributed by atoms with van der Waals surface area (Å²) in [5.74, 6) is 0.838. The van der Waals surface area contributed by atoms with Crippen LogP contribution < -0.4 is 10.6 Å². The second-order valence-corrected chi connectivity index (χ2v) is 8.74. The fourth-order valence-electron chi connectivity index (χ4n) is 3.41. The van der Waals surface area contributed by atoms with Crippen molar-refractivity contribution in [2.75, 3.05) is 19.6 Å². The molecule has 1 saturated heterocycles. The molecule has 2 aromatic rings. The monoisotopic (exact) mass is 527 g/mol. The Bertz CT molecular complexity index is 747. The van der Waals surface area contributed by atoms with Crippen LogP contribution in [-0.2, 0) is 19.6 Å². The van der Waals surface area contributed by atoms with Gasteiger partial charge >= 0.3 is 0 Å². The standard InChI is InChI=1S/C22H33N5S.HI/c1-4-23-22(25-15-21-26-17(2)18(3)28-21)24-14-19-8-10-20(11-9-19)16-27-12-6-5-7-13-27;/h8-11H,4-7,12-16H2,1-3H3,(H2,23,24,25);1H. The first-order chi connectivity index (χ1) is 13.6. The highest BCUT2D eigenvalue weighted by Gasteiger charge is 2.10. The van der Waals surface area contributed by atoms with Crippen LogP contribution in [0.3, 0.4) is 0 Å². The molecular formula is C22H34IN5S. The average Bonchev–Trinajstić information content (AvgIpc) is 3.03. The molecule has 2 heterocycles. The van der Waals surface area contributed by atoms with Crippen molar-refractivity contribution >= 4 is 41.3 Å². The number of nitrogens with zero attached hydrogens (tertiary/aromatic N) is 3. The van der Waals surface area contributed by atoms with Gasteiger partial charge in [-0.05, 0) is 57.8 Å². The van der Waals surface area contributed by atoms with Gasteiger partial charge in [0.05, 0.1) is 18.8 Å². The number of aryl methyl sites for hydroxylation is 2. The van der Waals surface area contributed by atoms with E-state index in [0.717, 1.165) is 29.8 Å². The van der Waals surface area contributed by atoms with Crippen LogP contribution in [0.4, 0.5) is 0 Å². The predicted molar refractivity (Wildman–Crippen MR) is 134 cm³/mol. The van der Waals surface area contributed by atoms with E-state index in [-0.39, 0.29) is 24.0 Å². The molecule has 1 aromatic heterocycles. The third kappa shape index (κ3) is 7.86. The van der Waals surface area contributed by atoms with E-state index in [1.807, 2.05) is 0 Å². The molecule has 2 N–H and O–H groups in total. The van der Waals surface area contributed by atoms with E-state index in [0.29, 0.717) is 13.1 Å². The van der Waals surface area contributed by atoms with Gasteiger partial charge in [-0.1, -0.05) is 30.7 Å². The number of likely N-dealkylation sites (tertiary alicyclic amines) is 1. The molecule has 160 valence electrons. The van der Waals surface area contributed by atoms with Crippen LogP contribution in [0.15, 0.2) is 29.3 Å². The molecule has 0 radical (unpaired) electrons. The smallest absolute Gasteiger partial charge is 0.191 e. The van der Waals surface area contributed by atoms with E-state index in [9.17, 15) is 0 Å². The number of hydrogen-bond donors (Lipinski definition) is 2. The predicted octanol–water partition coefficient (Wildman–Crippen LogP) is 4.62. The molecule has 7 heteroatoms. The maximum absolute atomic E-state index is 4.73. The van der Waals surface area contributed by atoms with Crippen molar-refractivity contribution in [2.24, 2.45) is 4.99 Å². The van der Waals surface area contributed by atoms with Crippen molar-refractivity contribution in [3.05, 3.63) is 51.0 Å². The van der Waals surface area contributed by atoms with E-state index < -0.39 is 0 Å². The van der Waals surface area contributed by atoms with Gasteiger partial charge < -0.3 is 10.6 Å². The molecule has 1 fully saturated rings. The Morgan fingerprint density at radius 1 is 1.07 bits per heavy atom. The number of rotatable bonds is 7. The SMILES string of the molecule is CCNC(=NCc1ccc(CN2CCCCC2)cc1)NCc1nc(C)c(C)s1.I. The molecule has 0 aliphatic carbocycles. The van der Waals surface area contributed by atoms with E-state index in [1.165, 1.54) is 48.4 Å². The normalized spacial score (nSPS) is 15.1. The lowest BCUT2D eigenvalue weighted by atomic mass is 10.1. The summed E-state index contributed by atoms with van der Waals surface area (Å²) in [6, 6.07) is 8.92. The van der Waals surface area contributed by atoms with E-state index in [4.69, 9.17) is 4.99 Å². The van der Waals surface area contributed by atoms with Crippen molar-refractivity contribution in [1.29, 1.82) is 0 Å². The summed E-state index contributed by atoms with van der Waals surface area (Å²) >= 11 is 1.74. The van der Waals surface area contributed by atoms with Gasteiger partial charge in [0.25, 0.3) is 0 Å². The topological polar surface area (TPSA) is 52.6 Å². The van der Waals surface area contributed by atoms with Crippen LogP contribution >= 0.6 is 35.3 Å². The molecule has 29 heavy (non-hydrogen) atoms. The number of hydrogen-bond acceptors (Lipinski definition) is 4. The lowest BCUT2D eigenvalue weighted by molar-refractivity contribution is 0.221. The summed E-state index contributed by atoms with van der Waals surface area (Å²) in [5, 5.41) is 7.81. The highest BCUT2D eigenvalue weighted by molar-refractivity contribution is 14.0. The third-order valence-corrected chi connectivity index (χ3v) is 6.19. The summed E-state index contributed by atoms with van der Waals surface area (Å²) in [6.07, 6.45) is 4.07. The summed E-state index contributed by atoms with van der Waals surface area (Å²) < 4.78 is 0. The van der Waals surface area contributed by atoms with Gasteiger partial charge in [0.2, 0.25) is 0 Å². The molecule has 0 atom stereocenters. The van der Waals surface area contributed by atoms with Crippen molar-refractivity contribution in [3.63, 3.8) is 0 Å². The van der Waals surface area contributed by atoms with Gasteiger partial charge in [-0.3, -0.25) is 4.90 Å². The zero-order valence-electron chi connectivity index (χ0n) is 17.8. The number of aromatic nitrogens is 1. The number of nitrogens with one attached hydrogen (secondary N) is 2. The lowest BCUT2D eigenvalue weighted by Gasteiger charge is -2.26. The Hall–Kier alpha value is -1.19. The molecular weight excluding hydrogens is 493 g/mol. The maximum atomic E-state index is 4.73. The zero-order valence-corrected chi connectivity index (χ0v) is 21.0. The Morgan fingerprint density at radius 3 is 2.38 bits per heavy atom. The minimum Gasteiger partial charge on any atom is -0.357 e. The second kappa shape index (κ2) is 12.5. The molecule has 1 aliphatic rings. The first-order valence-electron chi connectivity index (χ1n) is 10.4. The summed E-state index contributed by atoms with van der Waals surface area (Å²) in [7, 11) is 0. The number of halogens is 1. The Kier molecular flexibility index (Phi) is 10.4. The first-order valence-corrected chi connectivity index (χ1v) is 11.2. The number of piperidine rings is 1. The second-order valence-electron chi connectivity index (χ2n) is 7.45. The Morgan fingerprint density at radius 2 is 1.76 bits per heavy atom. The van der Waals surface area contributed by atoms with Crippen LogP contribution in [0, 0.1) is 13.8 Å². The van der Waals surface area contributed by atoms with Gasteiger partial charge in [0.1, 0.15) is 5.01 Å². The highest BCUT2D eigenvalue weighted by atomic mass is 127. The van der Waals surface area contributed by atoms with Crippen LogP contribution in [0.2, 0.25) is 0 Å². The molecule has 0 bridgehead atoms. The molecule has 1 aromatic carbocycles. The quantitative estimate of drug-likeness (QED) is 0.314. The van der Waals surface area contributed by atoms with Gasteiger partial charge in [-0.25, -0.2) is 9.98 Å². The van der Waals surface area contributed by atoms with Crippen LogP contribution in [0.5, 0.6) is 0 Å². The number of aliphatic imine (C=N–C) groups is 1. The van der Waals surface area contributed by atoms with Gasteiger partial charge in [-0.15, -0.1) is 35.3 Å². The number of guanidine groups is 1. The molecule has 3 rings (SSSR count). The zero-order chi connectivity index (χ0) is 19.8. The molecule has 0 unspecified atom stereocenters. The largest absolute Gasteiger partial charge is 0.357 e. The number of benzene rings is 1. The minimum absolute atomic E-state index is 0. The molecule has 5 nitrogen and oxygen atoms in total. The molecule has 0 saturated carbocycles. The minimum atomic E-state index is 0. The third-order valence-electron chi connectivity index (χ3n) is 5.12. The Labute approximate surface area is 196 Å². The van der Waals surface area contributed by atoms with E-state index in [2.05, 4.69) is 65.6 Å². The number of thiazole rings is 1. The fraction of sp³-hybridized carbons (Fsp3) is 0.545. The first kappa shape index (κ1) is 24.1. The van der Waals surface area contributed by atoms with Crippen LogP contribution in [-0.4, -0.2) is 35.5 Å². The van der Waals surface area contributed by atoms with Crippen LogP contribution in [0.25, 0.3) is 0 Å². The van der Waals surface area contributed by atoms with Gasteiger partial charge in [0.15, 0.2) is 5.96 Å². The van der Waals surface area contributed by atoms with E-state index in [1.54, 1.807) is 11.3 Å². The molecule has 0 spiro atoms.